The third kappa shape index (κ3) is 4.46. The van der Waals surface area contributed by atoms with Gasteiger partial charge in [-0.15, -0.1) is 11.3 Å². The standard InChI is InChI=1S/C17H20N2O4S2/c20-17(18-23-13-14-6-2-1-3-7-14)15-8-4-10-19(12-15)25(21,22)16-9-5-11-24-16/h1-3,5-7,9,11,15H,4,8,10,12-13H2,(H,18,20)/t15-/m0/s1. The Labute approximate surface area is 151 Å². The number of carbonyl (C=O) groups excluding carboxylic acids is 1. The molecule has 1 aliphatic heterocycles. The zero-order valence-electron chi connectivity index (χ0n) is 13.6. The highest BCUT2D eigenvalue weighted by Gasteiger charge is 2.33. The first-order valence-corrected chi connectivity index (χ1v) is 10.4. The molecule has 0 radical (unpaired) electrons. The Morgan fingerprint density at radius 1 is 1.24 bits per heavy atom. The molecule has 1 amide bonds. The maximum atomic E-state index is 12.6. The van der Waals surface area contributed by atoms with Gasteiger partial charge in [-0.2, -0.15) is 4.31 Å². The summed E-state index contributed by atoms with van der Waals surface area (Å²) in [4.78, 5) is 17.6. The Bertz CT molecular complexity index is 791. The van der Waals surface area contributed by atoms with Gasteiger partial charge in [0.05, 0.1) is 12.5 Å². The molecule has 1 aromatic carbocycles. The second-order valence-corrected chi connectivity index (χ2v) is 8.99. The fraction of sp³-hybridized carbons (Fsp3) is 0.353. The summed E-state index contributed by atoms with van der Waals surface area (Å²) in [5, 5.41) is 1.73. The van der Waals surface area contributed by atoms with Crippen LogP contribution in [0.5, 0.6) is 0 Å². The lowest BCUT2D eigenvalue weighted by molar-refractivity contribution is -0.139. The third-order valence-corrected chi connectivity index (χ3v) is 7.34. The lowest BCUT2D eigenvalue weighted by atomic mass is 9.99. The second kappa shape index (κ2) is 8.09. The van der Waals surface area contributed by atoms with Crippen molar-refractivity contribution in [3.05, 3.63) is 53.4 Å². The van der Waals surface area contributed by atoms with Crippen LogP contribution in [0.2, 0.25) is 0 Å². The summed E-state index contributed by atoms with van der Waals surface area (Å²) in [7, 11) is -3.52. The van der Waals surface area contributed by atoms with Gasteiger partial charge in [0.1, 0.15) is 4.21 Å². The van der Waals surface area contributed by atoms with Crippen LogP contribution in [0.15, 0.2) is 52.1 Å². The number of benzene rings is 1. The van der Waals surface area contributed by atoms with E-state index < -0.39 is 15.9 Å². The lowest BCUT2D eigenvalue weighted by Gasteiger charge is -2.30. The molecular formula is C17H20N2O4S2. The van der Waals surface area contributed by atoms with Gasteiger partial charge in [0.2, 0.25) is 5.91 Å². The van der Waals surface area contributed by atoms with E-state index in [0.29, 0.717) is 23.6 Å². The van der Waals surface area contributed by atoms with E-state index in [1.54, 1.807) is 17.5 Å². The maximum Gasteiger partial charge on any atom is 0.252 e. The van der Waals surface area contributed by atoms with Crippen LogP contribution in [0.3, 0.4) is 0 Å². The van der Waals surface area contributed by atoms with Crippen molar-refractivity contribution in [3.8, 4) is 0 Å². The number of sulfonamides is 1. The number of carbonyl (C=O) groups is 1. The molecular weight excluding hydrogens is 360 g/mol. The smallest absolute Gasteiger partial charge is 0.252 e. The molecule has 0 spiro atoms. The number of nitrogens with zero attached hydrogens (tertiary/aromatic N) is 1. The molecule has 0 saturated carbocycles. The number of hydrogen-bond acceptors (Lipinski definition) is 5. The molecule has 1 fully saturated rings. The number of nitrogens with one attached hydrogen (secondary N) is 1. The molecule has 2 aromatic rings. The summed E-state index contributed by atoms with van der Waals surface area (Å²) >= 11 is 1.19. The van der Waals surface area contributed by atoms with E-state index in [4.69, 9.17) is 4.84 Å². The van der Waals surface area contributed by atoms with E-state index >= 15 is 0 Å². The molecule has 2 heterocycles. The first kappa shape index (κ1) is 18.1. The Morgan fingerprint density at radius 3 is 2.76 bits per heavy atom. The summed E-state index contributed by atoms with van der Waals surface area (Å²) < 4.78 is 26.9. The second-order valence-electron chi connectivity index (χ2n) is 5.87. The van der Waals surface area contributed by atoms with Crippen LogP contribution < -0.4 is 5.48 Å². The fourth-order valence-corrected chi connectivity index (χ4v) is 5.43. The molecule has 6 nitrogen and oxygen atoms in total. The van der Waals surface area contributed by atoms with Crippen LogP contribution in [-0.2, 0) is 26.3 Å². The normalized spacial score (nSPS) is 18.8. The molecule has 25 heavy (non-hydrogen) atoms. The molecule has 134 valence electrons. The first-order chi connectivity index (χ1) is 12.1. The van der Waals surface area contributed by atoms with Crippen molar-refractivity contribution in [1.82, 2.24) is 9.79 Å². The molecule has 3 rings (SSSR count). The van der Waals surface area contributed by atoms with E-state index in [1.165, 1.54) is 15.6 Å². The van der Waals surface area contributed by atoms with E-state index in [9.17, 15) is 13.2 Å². The molecule has 1 atom stereocenters. The van der Waals surface area contributed by atoms with Gasteiger partial charge in [-0.25, -0.2) is 13.9 Å². The number of thiophene rings is 1. The summed E-state index contributed by atoms with van der Waals surface area (Å²) in [6.45, 7) is 0.895. The van der Waals surface area contributed by atoms with Crippen molar-refractivity contribution in [3.63, 3.8) is 0 Å². The third-order valence-electron chi connectivity index (χ3n) is 4.10. The number of hydrogen-bond donors (Lipinski definition) is 1. The average molecular weight is 380 g/mol. The molecule has 0 aliphatic carbocycles. The van der Waals surface area contributed by atoms with E-state index in [1.807, 2.05) is 30.3 Å². The molecule has 0 unspecified atom stereocenters. The lowest BCUT2D eigenvalue weighted by Crippen LogP contribution is -2.45. The van der Waals surface area contributed by atoms with Crippen molar-refractivity contribution in [2.75, 3.05) is 13.1 Å². The Kier molecular flexibility index (Phi) is 5.85. The molecule has 1 aromatic heterocycles. The van der Waals surface area contributed by atoms with Crippen LogP contribution in [0.25, 0.3) is 0 Å². The van der Waals surface area contributed by atoms with E-state index in [2.05, 4.69) is 5.48 Å². The van der Waals surface area contributed by atoms with Crippen LogP contribution in [-0.4, -0.2) is 31.7 Å². The summed E-state index contributed by atoms with van der Waals surface area (Å²) in [5.74, 6) is -0.679. The van der Waals surface area contributed by atoms with Crippen molar-refractivity contribution < 1.29 is 18.0 Å². The first-order valence-electron chi connectivity index (χ1n) is 8.06. The monoisotopic (exact) mass is 380 g/mol. The van der Waals surface area contributed by atoms with Gasteiger partial charge in [-0.3, -0.25) is 9.63 Å². The van der Waals surface area contributed by atoms with Crippen molar-refractivity contribution in [2.24, 2.45) is 5.92 Å². The zero-order valence-corrected chi connectivity index (χ0v) is 15.3. The van der Waals surface area contributed by atoms with Crippen molar-refractivity contribution in [1.29, 1.82) is 0 Å². The van der Waals surface area contributed by atoms with Gasteiger partial charge >= 0.3 is 0 Å². The van der Waals surface area contributed by atoms with E-state index in [0.717, 1.165) is 5.56 Å². The van der Waals surface area contributed by atoms with Gasteiger partial charge in [-0.05, 0) is 29.9 Å². The number of hydroxylamine groups is 1. The number of amides is 1. The SMILES string of the molecule is O=C(NOCc1ccccc1)[C@H]1CCCN(S(=O)(=O)c2cccs2)C1. The molecule has 1 aliphatic rings. The van der Waals surface area contributed by atoms with Gasteiger partial charge in [-0.1, -0.05) is 36.4 Å². The minimum absolute atomic E-state index is 0.181. The molecule has 0 bridgehead atoms. The maximum absolute atomic E-state index is 12.6. The highest BCUT2D eigenvalue weighted by Crippen LogP contribution is 2.26. The topological polar surface area (TPSA) is 75.7 Å². The van der Waals surface area contributed by atoms with Crippen LogP contribution in [0, 0.1) is 5.92 Å². The quantitative estimate of drug-likeness (QED) is 0.781. The Balaban J connectivity index is 1.55. The highest BCUT2D eigenvalue weighted by molar-refractivity contribution is 7.91. The molecule has 1 N–H and O–H groups in total. The Hall–Kier alpha value is -1.74. The fourth-order valence-electron chi connectivity index (χ4n) is 2.76. The highest BCUT2D eigenvalue weighted by atomic mass is 32.2. The largest absolute Gasteiger partial charge is 0.272 e. The zero-order chi connectivity index (χ0) is 17.7. The van der Waals surface area contributed by atoms with Gasteiger partial charge in [0.25, 0.3) is 10.0 Å². The summed E-state index contributed by atoms with van der Waals surface area (Å²) in [6, 6.07) is 12.8. The molecule has 1 saturated heterocycles. The van der Waals surface area contributed by atoms with Crippen LogP contribution >= 0.6 is 11.3 Å². The van der Waals surface area contributed by atoms with Gasteiger partial charge in [0.15, 0.2) is 0 Å². The minimum Gasteiger partial charge on any atom is -0.272 e. The van der Waals surface area contributed by atoms with Crippen LogP contribution in [0.4, 0.5) is 0 Å². The van der Waals surface area contributed by atoms with E-state index in [-0.39, 0.29) is 19.1 Å². The van der Waals surface area contributed by atoms with Gasteiger partial charge in [0, 0.05) is 13.1 Å². The summed E-state index contributed by atoms with van der Waals surface area (Å²) in [5.41, 5.74) is 3.40. The van der Waals surface area contributed by atoms with Gasteiger partial charge < -0.3 is 0 Å². The van der Waals surface area contributed by atoms with Crippen LogP contribution in [0.1, 0.15) is 18.4 Å². The Morgan fingerprint density at radius 2 is 2.04 bits per heavy atom. The predicted molar refractivity (Wildman–Crippen MR) is 95.2 cm³/mol. The number of rotatable bonds is 6. The average Bonchev–Trinajstić information content (AvgIpc) is 3.18. The molecule has 8 heteroatoms. The van der Waals surface area contributed by atoms with Crippen molar-refractivity contribution >= 4 is 27.3 Å². The minimum atomic E-state index is -3.52. The number of piperidine rings is 1. The predicted octanol–water partition coefficient (Wildman–Crippen LogP) is 2.40. The summed E-state index contributed by atoms with van der Waals surface area (Å²) in [6.07, 6.45) is 1.30. The van der Waals surface area contributed by atoms with Crippen molar-refractivity contribution in [2.45, 2.75) is 23.7 Å².